The molecule has 9 heteroatoms. The molecule has 0 aliphatic carbocycles. The summed E-state index contributed by atoms with van der Waals surface area (Å²) in [5.74, 6) is -0.425. The second-order valence-corrected chi connectivity index (χ2v) is 8.01. The van der Waals surface area contributed by atoms with Crippen LogP contribution in [0, 0.1) is 5.82 Å². The van der Waals surface area contributed by atoms with Crippen molar-refractivity contribution in [3.05, 3.63) is 58.4 Å². The van der Waals surface area contributed by atoms with E-state index in [4.69, 9.17) is 0 Å². The summed E-state index contributed by atoms with van der Waals surface area (Å²) in [4.78, 5) is 24.0. The largest absolute Gasteiger partial charge is 0.349 e. The highest BCUT2D eigenvalue weighted by atomic mass is 79.9. The summed E-state index contributed by atoms with van der Waals surface area (Å²) in [7, 11) is 3.86. The monoisotopic (exact) mass is 463 g/mol. The normalized spacial score (nSPS) is 11.0. The van der Waals surface area contributed by atoms with E-state index in [0.717, 1.165) is 11.9 Å². The number of carbonyl (C=O) groups is 1. The van der Waals surface area contributed by atoms with Crippen molar-refractivity contribution in [1.29, 1.82) is 0 Å². The Hall–Kier alpha value is -2.23. The second kappa shape index (κ2) is 9.31. The molecule has 6 nitrogen and oxygen atoms in total. The molecule has 0 atom stereocenters. The Morgan fingerprint density at radius 2 is 1.89 bits per heavy atom. The number of hydrogen-bond acceptors (Lipinski definition) is 6. The van der Waals surface area contributed by atoms with Crippen LogP contribution in [0.4, 0.5) is 10.2 Å². The molecule has 3 aromatic rings. The first-order valence-corrected chi connectivity index (χ1v) is 10.1. The molecular formula is C19H19BrFN5OS. The number of aromatic nitrogens is 2. The van der Waals surface area contributed by atoms with E-state index in [1.165, 1.54) is 6.07 Å². The number of nitrogens with one attached hydrogen (secondary N) is 2. The minimum Gasteiger partial charge on any atom is -0.349 e. The summed E-state index contributed by atoms with van der Waals surface area (Å²) in [6.07, 6.45) is 0. The fourth-order valence-corrected chi connectivity index (χ4v) is 3.34. The highest BCUT2D eigenvalue weighted by molar-refractivity contribution is 9.10. The molecule has 146 valence electrons. The molecule has 0 aliphatic rings. The molecule has 0 unspecified atom stereocenters. The number of rotatable bonds is 7. The smallest absolute Gasteiger partial charge is 0.273 e. The van der Waals surface area contributed by atoms with Crippen molar-refractivity contribution in [2.75, 3.05) is 31.9 Å². The molecule has 1 aromatic heterocycles. The third-order valence-corrected chi connectivity index (χ3v) is 5.12. The molecule has 1 amide bonds. The van der Waals surface area contributed by atoms with E-state index >= 15 is 0 Å². The minimum atomic E-state index is -0.377. The number of nitrogens with zero attached hydrogens (tertiary/aromatic N) is 3. The third-order valence-electron chi connectivity index (χ3n) is 3.78. The van der Waals surface area contributed by atoms with Crippen LogP contribution in [0.15, 0.2) is 51.8 Å². The van der Waals surface area contributed by atoms with Crippen LogP contribution in [0.2, 0.25) is 0 Å². The molecule has 0 radical (unpaired) electrons. The van der Waals surface area contributed by atoms with Gasteiger partial charge in [-0.1, -0.05) is 28.1 Å². The summed E-state index contributed by atoms with van der Waals surface area (Å²) in [6.45, 7) is 1.18. The summed E-state index contributed by atoms with van der Waals surface area (Å²) < 4.78 is 17.7. The molecule has 0 saturated heterocycles. The summed E-state index contributed by atoms with van der Waals surface area (Å²) in [5.41, 5.74) is 1.43. The predicted molar refractivity (Wildman–Crippen MR) is 114 cm³/mol. The van der Waals surface area contributed by atoms with Crippen LogP contribution < -0.4 is 10.0 Å². The standard InChI is InChI=1S/C19H19BrFN5OS/c1-26(2)10-9-22-19(27)17-18(24-15-6-4-3-5-14(15)23-17)25-28-16-8-7-12(20)11-13(16)21/h3-8,11H,9-10H2,1-2H3,(H,22,27)(H,24,25). The number of anilines is 1. The van der Waals surface area contributed by atoms with Gasteiger partial charge in [0.05, 0.1) is 15.9 Å². The van der Waals surface area contributed by atoms with Gasteiger partial charge in [0, 0.05) is 17.6 Å². The van der Waals surface area contributed by atoms with E-state index < -0.39 is 0 Å². The number of likely N-dealkylation sites (N-methyl/N-ethyl adjacent to an activating group) is 1. The first-order chi connectivity index (χ1) is 13.4. The molecule has 0 aliphatic heterocycles. The van der Waals surface area contributed by atoms with Gasteiger partial charge in [-0.3, -0.25) is 4.79 Å². The van der Waals surface area contributed by atoms with Gasteiger partial charge in [-0.2, -0.15) is 0 Å². The van der Waals surface area contributed by atoms with Crippen molar-refractivity contribution >= 4 is 50.6 Å². The summed E-state index contributed by atoms with van der Waals surface area (Å²) in [6, 6.07) is 12.1. The highest BCUT2D eigenvalue weighted by Crippen LogP contribution is 2.27. The number of halogens is 2. The van der Waals surface area contributed by atoms with Crippen LogP contribution in [0.5, 0.6) is 0 Å². The van der Waals surface area contributed by atoms with Crippen molar-refractivity contribution in [2.24, 2.45) is 0 Å². The lowest BCUT2D eigenvalue weighted by atomic mass is 10.2. The Balaban J connectivity index is 1.86. The zero-order valence-corrected chi connectivity index (χ0v) is 17.8. The van der Waals surface area contributed by atoms with Gasteiger partial charge in [-0.25, -0.2) is 14.4 Å². The number of hydrogen-bond donors (Lipinski definition) is 2. The molecule has 3 rings (SSSR count). The highest BCUT2D eigenvalue weighted by Gasteiger charge is 2.17. The zero-order valence-electron chi connectivity index (χ0n) is 15.4. The quantitative estimate of drug-likeness (QED) is 0.517. The molecule has 0 bridgehead atoms. The maximum Gasteiger partial charge on any atom is 0.273 e. The predicted octanol–water partition coefficient (Wildman–Crippen LogP) is 3.94. The Bertz CT molecular complexity index is 1000. The average Bonchev–Trinajstić information content (AvgIpc) is 2.66. The zero-order chi connectivity index (χ0) is 20.1. The number of benzene rings is 2. The van der Waals surface area contributed by atoms with E-state index in [0.29, 0.717) is 33.5 Å². The molecule has 2 N–H and O–H groups in total. The Morgan fingerprint density at radius 3 is 2.57 bits per heavy atom. The first-order valence-electron chi connectivity index (χ1n) is 8.51. The topological polar surface area (TPSA) is 70.2 Å². The molecule has 2 aromatic carbocycles. The van der Waals surface area contributed by atoms with E-state index in [2.05, 4.69) is 35.9 Å². The van der Waals surface area contributed by atoms with E-state index in [1.807, 2.05) is 37.2 Å². The van der Waals surface area contributed by atoms with Gasteiger partial charge in [0.25, 0.3) is 5.91 Å². The van der Waals surface area contributed by atoms with Crippen molar-refractivity contribution in [3.63, 3.8) is 0 Å². The first kappa shape index (κ1) is 20.5. The van der Waals surface area contributed by atoms with Gasteiger partial charge in [0.15, 0.2) is 11.5 Å². The van der Waals surface area contributed by atoms with Gasteiger partial charge in [0.1, 0.15) is 5.82 Å². The number of para-hydroxylation sites is 2. The van der Waals surface area contributed by atoms with Gasteiger partial charge in [0.2, 0.25) is 0 Å². The van der Waals surface area contributed by atoms with Crippen LogP contribution in [-0.2, 0) is 0 Å². The van der Waals surface area contributed by atoms with Crippen LogP contribution in [0.3, 0.4) is 0 Å². The molecule has 0 saturated carbocycles. The van der Waals surface area contributed by atoms with E-state index in [1.54, 1.807) is 18.2 Å². The lowest BCUT2D eigenvalue weighted by Crippen LogP contribution is -2.32. The molecule has 28 heavy (non-hydrogen) atoms. The maximum atomic E-state index is 14.1. The Labute approximate surface area is 175 Å². The number of amides is 1. The van der Waals surface area contributed by atoms with Gasteiger partial charge >= 0.3 is 0 Å². The van der Waals surface area contributed by atoms with Crippen molar-refractivity contribution < 1.29 is 9.18 Å². The minimum absolute atomic E-state index is 0.169. The number of carbonyl (C=O) groups excluding carboxylic acids is 1. The fraction of sp³-hybridized carbons (Fsp3) is 0.211. The lowest BCUT2D eigenvalue weighted by Gasteiger charge is -2.13. The van der Waals surface area contributed by atoms with Crippen molar-refractivity contribution in [2.45, 2.75) is 4.90 Å². The number of fused-ring (bicyclic) bond motifs is 1. The average molecular weight is 464 g/mol. The summed E-state index contributed by atoms with van der Waals surface area (Å²) >= 11 is 4.28. The van der Waals surface area contributed by atoms with Crippen molar-refractivity contribution in [3.8, 4) is 0 Å². The Morgan fingerprint density at radius 1 is 1.18 bits per heavy atom. The lowest BCUT2D eigenvalue weighted by molar-refractivity contribution is 0.0947. The second-order valence-electron chi connectivity index (χ2n) is 6.25. The van der Waals surface area contributed by atoms with E-state index in [9.17, 15) is 9.18 Å². The molecule has 0 fully saturated rings. The third kappa shape index (κ3) is 5.18. The molecule has 1 heterocycles. The van der Waals surface area contributed by atoms with Gasteiger partial charge < -0.3 is 14.9 Å². The van der Waals surface area contributed by atoms with Gasteiger partial charge in [-0.15, -0.1) is 0 Å². The summed E-state index contributed by atoms with van der Waals surface area (Å²) in [5, 5.41) is 2.84. The van der Waals surface area contributed by atoms with Crippen molar-refractivity contribution in [1.82, 2.24) is 20.2 Å². The SMILES string of the molecule is CN(C)CCNC(=O)c1nc2ccccc2nc1NSc1ccc(Br)cc1F. The van der Waals surface area contributed by atoms with Crippen LogP contribution in [0.1, 0.15) is 10.5 Å². The Kier molecular flexibility index (Phi) is 6.82. The fourth-order valence-electron chi connectivity index (χ4n) is 2.37. The van der Waals surface area contributed by atoms with Crippen LogP contribution >= 0.6 is 27.9 Å². The molecular weight excluding hydrogens is 445 g/mol. The van der Waals surface area contributed by atoms with Crippen LogP contribution in [-0.4, -0.2) is 48.0 Å². The molecule has 0 spiro atoms. The maximum absolute atomic E-state index is 14.1. The van der Waals surface area contributed by atoms with E-state index in [-0.39, 0.29) is 23.2 Å². The van der Waals surface area contributed by atoms with Gasteiger partial charge in [-0.05, 0) is 56.4 Å². The van der Waals surface area contributed by atoms with Crippen LogP contribution in [0.25, 0.3) is 11.0 Å².